The van der Waals surface area contributed by atoms with Crippen molar-refractivity contribution in [3.63, 3.8) is 0 Å². The minimum atomic E-state index is 0.705. The predicted molar refractivity (Wildman–Crippen MR) is 56.3 cm³/mol. The number of rotatable bonds is 3. The number of para-hydroxylation sites is 1. The maximum atomic E-state index is 3.08. The minimum Gasteiger partial charge on any atom is -0.297 e. The molecule has 1 rings (SSSR count). The Balaban J connectivity index is 2.70. The minimum absolute atomic E-state index is 0.705. The van der Waals surface area contributed by atoms with Crippen LogP contribution in [0.1, 0.15) is 6.92 Å². The molecule has 0 aliphatic heterocycles. The van der Waals surface area contributed by atoms with Crippen molar-refractivity contribution in [2.45, 2.75) is 6.92 Å². The molecule has 0 aliphatic carbocycles. The molecule has 0 saturated carbocycles. The molecule has 2 nitrogen and oxygen atoms in total. The molecule has 0 bridgehead atoms. The van der Waals surface area contributed by atoms with Crippen LogP contribution in [0.15, 0.2) is 30.3 Å². The maximum Gasteiger partial charge on any atom is 0.0952 e. The fourth-order valence-corrected chi connectivity index (χ4v) is 1.07. The lowest BCUT2D eigenvalue weighted by Gasteiger charge is -2.20. The number of hydrazine groups is 1. The molecule has 13 heavy (non-hydrogen) atoms. The van der Waals surface area contributed by atoms with Crippen LogP contribution in [0.25, 0.3) is 0 Å². The number of nitrogens with zero attached hydrogens (tertiary/aromatic N) is 1. The largest absolute Gasteiger partial charge is 0.297 e. The first kappa shape index (κ1) is 9.63. The Morgan fingerprint density at radius 1 is 1.31 bits per heavy atom. The fourth-order valence-electron chi connectivity index (χ4n) is 1.07. The van der Waals surface area contributed by atoms with Gasteiger partial charge in [0, 0.05) is 7.05 Å². The Morgan fingerprint density at radius 3 is 2.54 bits per heavy atom. The first-order valence-electron chi connectivity index (χ1n) is 4.28. The average molecular weight is 174 g/mol. The first-order chi connectivity index (χ1) is 6.38. The molecule has 68 valence electrons. The molecule has 1 aromatic carbocycles. The van der Waals surface area contributed by atoms with Gasteiger partial charge in [-0.1, -0.05) is 24.1 Å². The van der Waals surface area contributed by atoms with Crippen LogP contribution >= 0.6 is 0 Å². The summed E-state index contributed by atoms with van der Waals surface area (Å²) < 4.78 is 0. The van der Waals surface area contributed by atoms with E-state index < -0.39 is 0 Å². The van der Waals surface area contributed by atoms with E-state index in [0.29, 0.717) is 6.54 Å². The van der Waals surface area contributed by atoms with Gasteiger partial charge >= 0.3 is 0 Å². The van der Waals surface area contributed by atoms with Gasteiger partial charge in [-0.25, -0.2) is 5.43 Å². The summed E-state index contributed by atoms with van der Waals surface area (Å²) in [6, 6.07) is 10.1. The zero-order valence-corrected chi connectivity index (χ0v) is 8.04. The van der Waals surface area contributed by atoms with Crippen LogP contribution in [-0.2, 0) is 0 Å². The SMILES string of the molecule is CC#CCN(NC)c1ccccc1. The van der Waals surface area contributed by atoms with E-state index in [1.54, 1.807) is 0 Å². The third-order valence-corrected chi connectivity index (χ3v) is 1.75. The van der Waals surface area contributed by atoms with Crippen LogP contribution in [0.3, 0.4) is 0 Å². The number of hydrogen-bond donors (Lipinski definition) is 1. The Kier molecular flexibility index (Phi) is 3.87. The van der Waals surface area contributed by atoms with Crippen molar-refractivity contribution >= 4 is 5.69 Å². The normalized spacial score (nSPS) is 8.77. The van der Waals surface area contributed by atoms with Gasteiger partial charge in [-0.2, -0.15) is 0 Å². The van der Waals surface area contributed by atoms with Gasteiger partial charge in [0.05, 0.1) is 12.2 Å². The highest BCUT2D eigenvalue weighted by molar-refractivity contribution is 5.45. The van der Waals surface area contributed by atoms with Crippen molar-refractivity contribution in [3.05, 3.63) is 30.3 Å². The summed E-state index contributed by atoms with van der Waals surface area (Å²) in [5.41, 5.74) is 4.22. The van der Waals surface area contributed by atoms with Crippen LogP contribution in [-0.4, -0.2) is 13.6 Å². The lowest BCUT2D eigenvalue weighted by atomic mass is 10.3. The van der Waals surface area contributed by atoms with Crippen LogP contribution < -0.4 is 10.4 Å². The van der Waals surface area contributed by atoms with Crippen molar-refractivity contribution < 1.29 is 0 Å². The summed E-state index contributed by atoms with van der Waals surface area (Å²) in [6.07, 6.45) is 0. The number of benzene rings is 1. The summed E-state index contributed by atoms with van der Waals surface area (Å²) in [7, 11) is 1.89. The monoisotopic (exact) mass is 174 g/mol. The van der Waals surface area contributed by atoms with Gasteiger partial charge in [0.15, 0.2) is 0 Å². The van der Waals surface area contributed by atoms with Crippen LogP contribution in [0, 0.1) is 11.8 Å². The van der Waals surface area contributed by atoms with Gasteiger partial charge in [0.25, 0.3) is 0 Å². The second-order valence-electron chi connectivity index (χ2n) is 2.57. The summed E-state index contributed by atoms with van der Waals surface area (Å²) in [5, 5.41) is 2.00. The molecule has 0 unspecified atom stereocenters. The zero-order valence-electron chi connectivity index (χ0n) is 8.04. The van der Waals surface area contributed by atoms with Crippen molar-refractivity contribution in [2.75, 3.05) is 18.6 Å². The van der Waals surface area contributed by atoms with E-state index in [4.69, 9.17) is 0 Å². The smallest absolute Gasteiger partial charge is 0.0952 e. The highest BCUT2D eigenvalue weighted by Crippen LogP contribution is 2.09. The van der Waals surface area contributed by atoms with Crippen molar-refractivity contribution in [1.29, 1.82) is 0 Å². The van der Waals surface area contributed by atoms with E-state index in [2.05, 4.69) is 17.3 Å². The van der Waals surface area contributed by atoms with Gasteiger partial charge < -0.3 is 0 Å². The van der Waals surface area contributed by atoms with Crippen molar-refractivity contribution in [3.8, 4) is 11.8 Å². The number of anilines is 1. The summed E-state index contributed by atoms with van der Waals surface area (Å²) in [6.45, 7) is 2.55. The topological polar surface area (TPSA) is 15.3 Å². The van der Waals surface area contributed by atoms with Gasteiger partial charge in [0.2, 0.25) is 0 Å². The Morgan fingerprint density at radius 2 is 2.00 bits per heavy atom. The molecule has 0 radical (unpaired) electrons. The van der Waals surface area contributed by atoms with Gasteiger partial charge in [0.1, 0.15) is 0 Å². The van der Waals surface area contributed by atoms with Gasteiger partial charge in [-0.05, 0) is 19.1 Å². The molecule has 2 heteroatoms. The lowest BCUT2D eigenvalue weighted by Crippen LogP contribution is -2.35. The maximum absolute atomic E-state index is 3.08. The van der Waals surface area contributed by atoms with E-state index >= 15 is 0 Å². The molecule has 0 aliphatic rings. The van der Waals surface area contributed by atoms with Gasteiger partial charge in [-0.3, -0.25) is 5.01 Å². The average Bonchev–Trinajstić information content (AvgIpc) is 2.21. The lowest BCUT2D eigenvalue weighted by molar-refractivity contribution is 0.758. The second kappa shape index (κ2) is 5.23. The third kappa shape index (κ3) is 2.81. The van der Waals surface area contributed by atoms with Crippen molar-refractivity contribution in [2.24, 2.45) is 0 Å². The zero-order chi connectivity index (χ0) is 9.52. The van der Waals surface area contributed by atoms with E-state index in [0.717, 1.165) is 5.69 Å². The molecule has 0 heterocycles. The molecule has 0 aromatic heterocycles. The van der Waals surface area contributed by atoms with Gasteiger partial charge in [-0.15, -0.1) is 5.92 Å². The molecule has 1 aromatic rings. The Hall–Kier alpha value is -1.46. The molecule has 0 saturated heterocycles. The first-order valence-corrected chi connectivity index (χ1v) is 4.28. The van der Waals surface area contributed by atoms with E-state index in [1.165, 1.54) is 0 Å². The van der Waals surface area contributed by atoms with E-state index in [1.807, 2.05) is 49.3 Å². The van der Waals surface area contributed by atoms with E-state index in [-0.39, 0.29) is 0 Å². The quantitative estimate of drug-likeness (QED) is 0.553. The molecule has 0 fully saturated rings. The summed E-state index contributed by atoms with van der Waals surface area (Å²) in [4.78, 5) is 0. The number of hydrogen-bond acceptors (Lipinski definition) is 2. The van der Waals surface area contributed by atoms with Crippen LogP contribution in [0.5, 0.6) is 0 Å². The third-order valence-electron chi connectivity index (χ3n) is 1.75. The Bertz CT molecular complexity index is 295. The van der Waals surface area contributed by atoms with Crippen molar-refractivity contribution in [1.82, 2.24) is 5.43 Å². The Labute approximate surface area is 79.5 Å². The molecule has 0 amide bonds. The fraction of sp³-hybridized carbons (Fsp3) is 0.273. The highest BCUT2D eigenvalue weighted by Gasteiger charge is 1.99. The molecular formula is C11H14N2. The summed E-state index contributed by atoms with van der Waals surface area (Å²) >= 11 is 0. The molecule has 0 spiro atoms. The standard InChI is InChI=1S/C11H14N2/c1-3-4-10-13(12-2)11-8-6-5-7-9-11/h5-9,12H,10H2,1-2H3. The van der Waals surface area contributed by atoms with E-state index in [9.17, 15) is 0 Å². The summed E-state index contributed by atoms with van der Waals surface area (Å²) in [5.74, 6) is 5.88. The van der Waals surface area contributed by atoms with Crippen LogP contribution in [0.4, 0.5) is 5.69 Å². The number of nitrogens with one attached hydrogen (secondary N) is 1. The highest BCUT2D eigenvalue weighted by atomic mass is 15.5. The second-order valence-corrected chi connectivity index (χ2v) is 2.57. The molecular weight excluding hydrogens is 160 g/mol. The molecule has 0 atom stereocenters. The van der Waals surface area contributed by atoms with Crippen LogP contribution in [0.2, 0.25) is 0 Å². The molecule has 1 N–H and O–H groups in total. The predicted octanol–water partition coefficient (Wildman–Crippen LogP) is 1.65.